The summed E-state index contributed by atoms with van der Waals surface area (Å²) in [6.45, 7) is 6.66. The van der Waals surface area contributed by atoms with E-state index < -0.39 is 0 Å². The molecule has 1 rings (SSSR count). The van der Waals surface area contributed by atoms with Crippen molar-refractivity contribution in [1.29, 1.82) is 0 Å². The molecule has 6 heteroatoms. The minimum Gasteiger partial charge on any atom is -0.370 e. The Labute approximate surface area is 145 Å². The van der Waals surface area contributed by atoms with Crippen molar-refractivity contribution in [3.8, 4) is 0 Å². The Morgan fingerprint density at radius 1 is 1.29 bits per heavy atom. The number of aliphatic imine (C=N–C) groups is 1. The Balaban J connectivity index is 0.00000400. The number of aromatic nitrogens is 2. The highest BCUT2D eigenvalue weighted by atomic mass is 127. The number of nitrogens with zero attached hydrogens (tertiary/aromatic N) is 3. The number of nitrogens with two attached hydrogens (primary N) is 1. The molecule has 21 heavy (non-hydrogen) atoms. The van der Waals surface area contributed by atoms with Crippen molar-refractivity contribution in [3.05, 3.63) is 18.0 Å². The molecule has 0 amide bonds. The van der Waals surface area contributed by atoms with Gasteiger partial charge in [-0.1, -0.05) is 39.0 Å². The zero-order valence-corrected chi connectivity index (χ0v) is 15.7. The SMILES string of the molecule is CCCCCCCCN=C(N)NCCn1cc(C)cn1.I. The van der Waals surface area contributed by atoms with Gasteiger partial charge >= 0.3 is 0 Å². The van der Waals surface area contributed by atoms with Crippen molar-refractivity contribution in [2.24, 2.45) is 10.7 Å². The lowest BCUT2D eigenvalue weighted by Gasteiger charge is -2.05. The molecule has 0 aliphatic rings. The Hall–Kier alpha value is -0.790. The summed E-state index contributed by atoms with van der Waals surface area (Å²) in [5.41, 5.74) is 6.99. The molecule has 0 aliphatic carbocycles. The summed E-state index contributed by atoms with van der Waals surface area (Å²) in [5, 5.41) is 7.34. The second kappa shape index (κ2) is 12.9. The number of unbranched alkanes of at least 4 members (excludes halogenated alkanes) is 5. The van der Waals surface area contributed by atoms with Gasteiger partial charge in [-0.05, 0) is 18.9 Å². The highest BCUT2D eigenvalue weighted by Gasteiger charge is 1.95. The summed E-state index contributed by atoms with van der Waals surface area (Å²) in [7, 11) is 0. The normalized spacial score (nSPS) is 11.2. The van der Waals surface area contributed by atoms with Crippen LogP contribution >= 0.6 is 24.0 Å². The van der Waals surface area contributed by atoms with E-state index in [2.05, 4.69) is 22.3 Å². The number of halogens is 1. The van der Waals surface area contributed by atoms with Crippen molar-refractivity contribution >= 4 is 29.9 Å². The molecule has 0 aliphatic heterocycles. The first kappa shape index (κ1) is 20.2. The number of hydrogen-bond donors (Lipinski definition) is 2. The predicted molar refractivity (Wildman–Crippen MR) is 100 cm³/mol. The van der Waals surface area contributed by atoms with Crippen LogP contribution in [0.5, 0.6) is 0 Å². The fourth-order valence-corrected chi connectivity index (χ4v) is 2.04. The highest BCUT2D eigenvalue weighted by molar-refractivity contribution is 14.0. The lowest BCUT2D eigenvalue weighted by atomic mass is 10.1. The van der Waals surface area contributed by atoms with E-state index >= 15 is 0 Å². The van der Waals surface area contributed by atoms with Gasteiger partial charge in [0.2, 0.25) is 0 Å². The molecular formula is C15H30IN5. The van der Waals surface area contributed by atoms with Crippen LogP contribution in [0.15, 0.2) is 17.4 Å². The van der Waals surface area contributed by atoms with Gasteiger partial charge in [0.25, 0.3) is 0 Å². The molecule has 0 unspecified atom stereocenters. The summed E-state index contributed by atoms with van der Waals surface area (Å²) < 4.78 is 1.91. The van der Waals surface area contributed by atoms with Crippen molar-refractivity contribution in [1.82, 2.24) is 15.1 Å². The molecule has 0 aromatic carbocycles. The number of guanidine groups is 1. The Morgan fingerprint density at radius 2 is 2.00 bits per heavy atom. The molecule has 5 nitrogen and oxygen atoms in total. The molecule has 0 fully saturated rings. The zero-order chi connectivity index (χ0) is 14.6. The molecule has 1 aromatic rings. The number of rotatable bonds is 10. The van der Waals surface area contributed by atoms with Gasteiger partial charge in [-0.3, -0.25) is 9.67 Å². The number of nitrogens with one attached hydrogen (secondary N) is 1. The molecule has 1 aromatic heterocycles. The Bertz CT molecular complexity index is 389. The molecule has 0 saturated carbocycles. The van der Waals surface area contributed by atoms with Crippen LogP contribution < -0.4 is 11.1 Å². The molecule has 0 atom stereocenters. The monoisotopic (exact) mass is 407 g/mol. The van der Waals surface area contributed by atoms with Gasteiger partial charge in [-0.2, -0.15) is 5.10 Å². The van der Waals surface area contributed by atoms with Crippen LogP contribution in [0.4, 0.5) is 0 Å². The third-order valence-electron chi connectivity index (χ3n) is 3.20. The maximum Gasteiger partial charge on any atom is 0.188 e. The van der Waals surface area contributed by atoms with Gasteiger partial charge in [0, 0.05) is 19.3 Å². The van der Waals surface area contributed by atoms with Crippen molar-refractivity contribution in [2.75, 3.05) is 13.1 Å². The predicted octanol–water partition coefficient (Wildman–Crippen LogP) is 3.07. The topological polar surface area (TPSA) is 68.2 Å². The van der Waals surface area contributed by atoms with Crippen LogP contribution in [0, 0.1) is 6.92 Å². The Kier molecular flexibility index (Phi) is 12.4. The standard InChI is InChI=1S/C15H29N5.HI/c1-3-4-5-6-7-8-9-17-15(16)18-10-11-20-13-14(2)12-19-20;/h12-13H,3-11H2,1-2H3,(H3,16,17,18);1H. The molecule has 3 N–H and O–H groups in total. The molecule has 0 spiro atoms. The molecular weight excluding hydrogens is 377 g/mol. The average molecular weight is 407 g/mol. The van der Waals surface area contributed by atoms with Gasteiger partial charge in [-0.15, -0.1) is 24.0 Å². The van der Waals surface area contributed by atoms with Gasteiger partial charge in [0.1, 0.15) is 0 Å². The summed E-state index contributed by atoms with van der Waals surface area (Å²) >= 11 is 0. The van der Waals surface area contributed by atoms with Crippen LogP contribution in [0.1, 0.15) is 51.0 Å². The van der Waals surface area contributed by atoms with Crippen LogP contribution in [0.2, 0.25) is 0 Å². The fourth-order valence-electron chi connectivity index (χ4n) is 2.04. The summed E-state index contributed by atoms with van der Waals surface area (Å²) in [6.07, 6.45) is 11.6. The highest BCUT2D eigenvalue weighted by Crippen LogP contribution is 2.04. The van der Waals surface area contributed by atoms with E-state index in [1.807, 2.05) is 24.0 Å². The minimum atomic E-state index is 0. The van der Waals surface area contributed by atoms with Crippen molar-refractivity contribution in [2.45, 2.75) is 58.9 Å². The molecule has 122 valence electrons. The molecule has 0 saturated heterocycles. The summed E-state index contributed by atoms with van der Waals surface area (Å²) in [6, 6.07) is 0. The second-order valence-corrected chi connectivity index (χ2v) is 5.24. The first-order valence-electron chi connectivity index (χ1n) is 7.75. The van der Waals surface area contributed by atoms with E-state index in [4.69, 9.17) is 5.73 Å². The third-order valence-corrected chi connectivity index (χ3v) is 3.20. The Morgan fingerprint density at radius 3 is 2.67 bits per heavy atom. The molecule has 0 bridgehead atoms. The van der Waals surface area contributed by atoms with E-state index in [-0.39, 0.29) is 24.0 Å². The average Bonchev–Trinajstić information content (AvgIpc) is 2.83. The van der Waals surface area contributed by atoms with E-state index in [0.717, 1.165) is 26.1 Å². The van der Waals surface area contributed by atoms with Crippen LogP contribution in [0.25, 0.3) is 0 Å². The van der Waals surface area contributed by atoms with Gasteiger partial charge in [0.05, 0.1) is 12.7 Å². The third kappa shape index (κ3) is 10.6. The van der Waals surface area contributed by atoms with E-state index in [1.165, 1.54) is 37.7 Å². The molecule has 0 radical (unpaired) electrons. The first-order valence-corrected chi connectivity index (χ1v) is 7.75. The zero-order valence-electron chi connectivity index (χ0n) is 13.3. The molecule has 1 heterocycles. The van der Waals surface area contributed by atoms with Crippen molar-refractivity contribution < 1.29 is 0 Å². The summed E-state index contributed by atoms with van der Waals surface area (Å²) in [5.74, 6) is 0.544. The number of hydrogen-bond acceptors (Lipinski definition) is 2. The van der Waals surface area contributed by atoms with E-state index in [0.29, 0.717) is 5.96 Å². The maximum absolute atomic E-state index is 5.81. The van der Waals surface area contributed by atoms with Gasteiger partial charge in [-0.25, -0.2) is 0 Å². The van der Waals surface area contributed by atoms with Crippen LogP contribution in [0.3, 0.4) is 0 Å². The van der Waals surface area contributed by atoms with E-state index in [1.54, 1.807) is 0 Å². The lowest BCUT2D eigenvalue weighted by Crippen LogP contribution is -2.34. The lowest BCUT2D eigenvalue weighted by molar-refractivity contribution is 0.598. The minimum absolute atomic E-state index is 0. The van der Waals surface area contributed by atoms with Gasteiger partial charge < -0.3 is 11.1 Å². The van der Waals surface area contributed by atoms with E-state index in [9.17, 15) is 0 Å². The van der Waals surface area contributed by atoms with Gasteiger partial charge in [0.15, 0.2) is 5.96 Å². The number of aryl methyl sites for hydroxylation is 1. The fraction of sp³-hybridized carbons (Fsp3) is 0.733. The van der Waals surface area contributed by atoms with Crippen LogP contribution in [-0.2, 0) is 6.54 Å². The van der Waals surface area contributed by atoms with Crippen LogP contribution in [-0.4, -0.2) is 28.8 Å². The summed E-state index contributed by atoms with van der Waals surface area (Å²) in [4.78, 5) is 4.33. The first-order chi connectivity index (χ1) is 9.72. The largest absolute Gasteiger partial charge is 0.370 e. The second-order valence-electron chi connectivity index (χ2n) is 5.24. The smallest absolute Gasteiger partial charge is 0.188 e. The quantitative estimate of drug-likeness (QED) is 0.271. The maximum atomic E-state index is 5.81. The van der Waals surface area contributed by atoms with Crippen molar-refractivity contribution in [3.63, 3.8) is 0 Å².